The molecule has 0 unspecified atom stereocenters. The van der Waals surface area contributed by atoms with E-state index < -0.39 is 0 Å². The highest BCUT2D eigenvalue weighted by Crippen LogP contribution is 2.19. The molecule has 0 aliphatic heterocycles. The Morgan fingerprint density at radius 2 is 2.19 bits per heavy atom. The SMILES string of the molecule is Cc1cccc(N(C)Cc2nnc(N)s2)c1. The molecule has 0 saturated carbocycles. The summed E-state index contributed by atoms with van der Waals surface area (Å²) in [5, 5.41) is 9.26. The molecule has 0 radical (unpaired) electrons. The molecule has 0 atom stereocenters. The zero-order valence-electron chi connectivity index (χ0n) is 9.34. The monoisotopic (exact) mass is 234 g/mol. The smallest absolute Gasteiger partial charge is 0.203 e. The van der Waals surface area contributed by atoms with Crippen molar-refractivity contribution >= 4 is 22.2 Å². The number of benzene rings is 1. The first-order chi connectivity index (χ1) is 7.65. The molecule has 0 amide bonds. The van der Waals surface area contributed by atoms with Gasteiger partial charge in [-0.1, -0.05) is 23.5 Å². The second-order valence-corrected chi connectivity index (χ2v) is 4.82. The molecule has 84 valence electrons. The van der Waals surface area contributed by atoms with Crippen molar-refractivity contribution in [1.82, 2.24) is 10.2 Å². The van der Waals surface area contributed by atoms with Crippen LogP contribution in [0.4, 0.5) is 10.8 Å². The number of hydrogen-bond donors (Lipinski definition) is 1. The van der Waals surface area contributed by atoms with Crippen molar-refractivity contribution < 1.29 is 0 Å². The molecule has 0 aliphatic carbocycles. The summed E-state index contributed by atoms with van der Waals surface area (Å²) >= 11 is 1.43. The minimum Gasteiger partial charge on any atom is -0.374 e. The highest BCUT2D eigenvalue weighted by atomic mass is 32.1. The number of nitrogens with two attached hydrogens (primary N) is 1. The highest BCUT2D eigenvalue weighted by molar-refractivity contribution is 7.15. The Bertz CT molecular complexity index is 480. The summed E-state index contributed by atoms with van der Waals surface area (Å²) in [6.07, 6.45) is 0. The molecule has 0 fully saturated rings. The molecule has 0 saturated heterocycles. The molecule has 0 spiro atoms. The summed E-state index contributed by atoms with van der Waals surface area (Å²) in [5.41, 5.74) is 7.97. The third kappa shape index (κ3) is 2.49. The van der Waals surface area contributed by atoms with Crippen molar-refractivity contribution in [2.45, 2.75) is 13.5 Å². The van der Waals surface area contributed by atoms with E-state index in [2.05, 4.69) is 46.3 Å². The van der Waals surface area contributed by atoms with Gasteiger partial charge in [-0.3, -0.25) is 0 Å². The van der Waals surface area contributed by atoms with Crippen LogP contribution in [0.5, 0.6) is 0 Å². The molecular weight excluding hydrogens is 220 g/mol. The zero-order chi connectivity index (χ0) is 11.5. The number of aromatic nitrogens is 2. The van der Waals surface area contributed by atoms with E-state index in [0.717, 1.165) is 11.6 Å². The van der Waals surface area contributed by atoms with Crippen LogP contribution in [-0.4, -0.2) is 17.2 Å². The molecule has 0 bridgehead atoms. The average Bonchev–Trinajstić information content (AvgIpc) is 2.64. The van der Waals surface area contributed by atoms with Gasteiger partial charge < -0.3 is 10.6 Å². The number of anilines is 2. The van der Waals surface area contributed by atoms with Gasteiger partial charge in [0.05, 0.1) is 6.54 Å². The normalized spacial score (nSPS) is 10.4. The molecule has 0 aliphatic rings. The lowest BCUT2D eigenvalue weighted by Crippen LogP contribution is -2.16. The Balaban J connectivity index is 2.11. The van der Waals surface area contributed by atoms with Gasteiger partial charge in [0, 0.05) is 12.7 Å². The van der Waals surface area contributed by atoms with Crippen molar-refractivity contribution in [2.24, 2.45) is 0 Å². The Morgan fingerprint density at radius 1 is 1.38 bits per heavy atom. The second kappa shape index (κ2) is 4.49. The number of rotatable bonds is 3. The van der Waals surface area contributed by atoms with E-state index in [4.69, 9.17) is 5.73 Å². The maximum Gasteiger partial charge on any atom is 0.203 e. The largest absolute Gasteiger partial charge is 0.374 e. The van der Waals surface area contributed by atoms with Crippen LogP contribution in [0.1, 0.15) is 10.6 Å². The van der Waals surface area contributed by atoms with E-state index in [-0.39, 0.29) is 0 Å². The molecule has 2 N–H and O–H groups in total. The maximum absolute atomic E-state index is 5.54. The van der Waals surface area contributed by atoms with Gasteiger partial charge in [0.2, 0.25) is 5.13 Å². The summed E-state index contributed by atoms with van der Waals surface area (Å²) < 4.78 is 0. The molecule has 5 heteroatoms. The van der Waals surface area contributed by atoms with Gasteiger partial charge in [0.25, 0.3) is 0 Å². The van der Waals surface area contributed by atoms with Crippen molar-refractivity contribution in [3.8, 4) is 0 Å². The average molecular weight is 234 g/mol. The van der Waals surface area contributed by atoms with Gasteiger partial charge in [-0.2, -0.15) is 0 Å². The fourth-order valence-corrected chi connectivity index (χ4v) is 2.15. The van der Waals surface area contributed by atoms with E-state index in [0.29, 0.717) is 5.13 Å². The van der Waals surface area contributed by atoms with Gasteiger partial charge in [0.15, 0.2) is 0 Å². The molecule has 1 aromatic carbocycles. The fourth-order valence-electron chi connectivity index (χ4n) is 1.49. The van der Waals surface area contributed by atoms with Gasteiger partial charge >= 0.3 is 0 Å². The lowest BCUT2D eigenvalue weighted by Gasteiger charge is -2.17. The van der Waals surface area contributed by atoms with Crippen LogP contribution in [0.3, 0.4) is 0 Å². The molecular formula is C11H14N4S. The summed E-state index contributed by atoms with van der Waals surface area (Å²) in [4.78, 5) is 2.13. The topological polar surface area (TPSA) is 55.0 Å². The molecule has 16 heavy (non-hydrogen) atoms. The van der Waals surface area contributed by atoms with Gasteiger partial charge in [-0.15, -0.1) is 10.2 Å². The Kier molecular flexibility index (Phi) is 3.05. The molecule has 2 rings (SSSR count). The van der Waals surface area contributed by atoms with Crippen LogP contribution in [-0.2, 0) is 6.54 Å². The summed E-state index contributed by atoms with van der Waals surface area (Å²) in [5.74, 6) is 0. The maximum atomic E-state index is 5.54. The number of hydrogen-bond acceptors (Lipinski definition) is 5. The van der Waals surface area contributed by atoms with Crippen molar-refractivity contribution in [2.75, 3.05) is 17.7 Å². The molecule has 4 nitrogen and oxygen atoms in total. The van der Waals surface area contributed by atoms with Crippen molar-refractivity contribution in [1.29, 1.82) is 0 Å². The van der Waals surface area contributed by atoms with Crippen LogP contribution >= 0.6 is 11.3 Å². The van der Waals surface area contributed by atoms with E-state index in [1.165, 1.54) is 22.6 Å². The minimum absolute atomic E-state index is 0.521. The van der Waals surface area contributed by atoms with Crippen LogP contribution in [0.25, 0.3) is 0 Å². The molecule has 1 heterocycles. The van der Waals surface area contributed by atoms with Crippen LogP contribution in [0.15, 0.2) is 24.3 Å². The first-order valence-corrected chi connectivity index (χ1v) is 5.82. The standard InChI is InChI=1S/C11H14N4S/c1-8-4-3-5-9(6-8)15(2)7-10-13-14-11(12)16-10/h3-6H,7H2,1-2H3,(H2,12,14). The Morgan fingerprint density at radius 3 is 2.81 bits per heavy atom. The third-order valence-corrected chi connectivity index (χ3v) is 3.03. The number of nitrogens with zero attached hydrogens (tertiary/aromatic N) is 3. The van der Waals surface area contributed by atoms with Gasteiger partial charge in [-0.25, -0.2) is 0 Å². The predicted molar refractivity (Wildman–Crippen MR) is 67.6 cm³/mol. The number of nitrogen functional groups attached to an aromatic ring is 1. The van der Waals surface area contributed by atoms with E-state index in [9.17, 15) is 0 Å². The van der Waals surface area contributed by atoms with E-state index in [1.807, 2.05) is 7.05 Å². The first kappa shape index (κ1) is 10.9. The highest BCUT2D eigenvalue weighted by Gasteiger charge is 2.06. The van der Waals surface area contributed by atoms with Crippen molar-refractivity contribution in [3.05, 3.63) is 34.8 Å². The van der Waals surface area contributed by atoms with Gasteiger partial charge in [-0.05, 0) is 24.6 Å². The lowest BCUT2D eigenvalue weighted by molar-refractivity contribution is 0.881. The van der Waals surface area contributed by atoms with E-state index >= 15 is 0 Å². The fraction of sp³-hybridized carbons (Fsp3) is 0.273. The minimum atomic E-state index is 0.521. The molecule has 1 aromatic heterocycles. The summed E-state index contributed by atoms with van der Waals surface area (Å²) in [6, 6.07) is 8.36. The van der Waals surface area contributed by atoms with Crippen LogP contribution in [0, 0.1) is 6.92 Å². The second-order valence-electron chi connectivity index (χ2n) is 3.73. The Hall–Kier alpha value is -1.62. The number of aryl methyl sites for hydroxylation is 1. The van der Waals surface area contributed by atoms with Crippen LogP contribution in [0.2, 0.25) is 0 Å². The van der Waals surface area contributed by atoms with Gasteiger partial charge in [0.1, 0.15) is 5.01 Å². The quantitative estimate of drug-likeness (QED) is 0.883. The zero-order valence-corrected chi connectivity index (χ0v) is 10.2. The predicted octanol–water partition coefficient (Wildman–Crippen LogP) is 2.07. The summed E-state index contributed by atoms with van der Waals surface area (Å²) in [7, 11) is 2.03. The summed E-state index contributed by atoms with van der Waals surface area (Å²) in [6.45, 7) is 2.82. The van der Waals surface area contributed by atoms with Crippen LogP contribution < -0.4 is 10.6 Å². The lowest BCUT2D eigenvalue weighted by atomic mass is 10.2. The van der Waals surface area contributed by atoms with E-state index in [1.54, 1.807) is 0 Å². The third-order valence-electron chi connectivity index (χ3n) is 2.30. The van der Waals surface area contributed by atoms with Crippen molar-refractivity contribution in [3.63, 3.8) is 0 Å². The first-order valence-electron chi connectivity index (χ1n) is 5.01. The Labute approximate surface area is 98.7 Å². The molecule has 2 aromatic rings.